The van der Waals surface area contributed by atoms with Gasteiger partial charge in [0.2, 0.25) is 10.0 Å². The summed E-state index contributed by atoms with van der Waals surface area (Å²) in [7, 11) is -3.06. The van der Waals surface area contributed by atoms with Gasteiger partial charge in [0.05, 0.1) is 12.8 Å². The fourth-order valence-electron chi connectivity index (χ4n) is 2.65. The first kappa shape index (κ1) is 22.6. The molecule has 1 fully saturated rings. The number of aryl methyl sites for hydroxylation is 1. The molecule has 0 radical (unpaired) electrons. The summed E-state index contributed by atoms with van der Waals surface area (Å²) in [4.78, 5) is 8.99. The standard InChI is InChI=1S/C15H27N5O2S2.HI/c1-4-16-15(18-10-14-19-12(2)11-23-14)17-9-13-5-7-20(8-6-13)24(3,21)22;/h11,13H,4-10H2,1-3H3,(H2,16,17,18);1H. The van der Waals surface area contributed by atoms with Crippen LogP contribution in [0.2, 0.25) is 0 Å². The lowest BCUT2D eigenvalue weighted by Crippen LogP contribution is -2.44. The molecule has 1 aliphatic heterocycles. The molecule has 0 aromatic carbocycles. The highest BCUT2D eigenvalue weighted by atomic mass is 127. The van der Waals surface area contributed by atoms with Crippen LogP contribution in [0.4, 0.5) is 0 Å². The molecule has 0 amide bonds. The van der Waals surface area contributed by atoms with Crippen LogP contribution in [0.25, 0.3) is 0 Å². The SMILES string of the molecule is CCNC(=NCc1nc(C)cs1)NCC1CCN(S(C)(=O)=O)CC1.I. The molecule has 7 nitrogen and oxygen atoms in total. The Bertz CT molecular complexity index is 655. The molecule has 1 aromatic heterocycles. The Balaban J connectivity index is 0.00000312. The predicted molar refractivity (Wildman–Crippen MR) is 114 cm³/mol. The van der Waals surface area contributed by atoms with Crippen molar-refractivity contribution < 1.29 is 8.42 Å². The topological polar surface area (TPSA) is 86.7 Å². The van der Waals surface area contributed by atoms with Crippen LogP contribution in [-0.4, -0.2) is 56.1 Å². The molecule has 0 aliphatic carbocycles. The zero-order chi connectivity index (χ0) is 17.6. The number of guanidine groups is 1. The average Bonchev–Trinajstić information content (AvgIpc) is 2.95. The van der Waals surface area contributed by atoms with E-state index in [-0.39, 0.29) is 24.0 Å². The van der Waals surface area contributed by atoms with Crippen molar-refractivity contribution >= 4 is 51.3 Å². The van der Waals surface area contributed by atoms with Gasteiger partial charge in [-0.25, -0.2) is 22.7 Å². The van der Waals surface area contributed by atoms with Gasteiger partial charge in [0.25, 0.3) is 0 Å². The molecular weight excluding hydrogens is 473 g/mol. The maximum Gasteiger partial charge on any atom is 0.211 e. The van der Waals surface area contributed by atoms with Gasteiger partial charge in [-0.2, -0.15) is 0 Å². The molecule has 1 aliphatic rings. The highest BCUT2D eigenvalue weighted by Crippen LogP contribution is 2.18. The van der Waals surface area contributed by atoms with Crippen molar-refractivity contribution in [2.24, 2.45) is 10.9 Å². The van der Waals surface area contributed by atoms with Gasteiger partial charge in [-0.3, -0.25) is 0 Å². The first-order valence-electron chi connectivity index (χ1n) is 8.26. The van der Waals surface area contributed by atoms with Crippen LogP contribution >= 0.6 is 35.3 Å². The Hall–Kier alpha value is -0.460. The van der Waals surface area contributed by atoms with E-state index in [0.29, 0.717) is 25.6 Å². The monoisotopic (exact) mass is 501 g/mol. The minimum absolute atomic E-state index is 0. The molecule has 2 heterocycles. The minimum atomic E-state index is -3.06. The van der Waals surface area contributed by atoms with Crippen molar-refractivity contribution in [2.75, 3.05) is 32.4 Å². The number of thiazole rings is 1. The second-order valence-electron chi connectivity index (χ2n) is 6.06. The molecule has 0 spiro atoms. The zero-order valence-corrected chi connectivity index (χ0v) is 19.0. The molecule has 0 bridgehead atoms. The number of hydrogen-bond donors (Lipinski definition) is 2. The Morgan fingerprint density at radius 1 is 1.40 bits per heavy atom. The van der Waals surface area contributed by atoms with Gasteiger partial charge in [0.15, 0.2) is 5.96 Å². The summed E-state index contributed by atoms with van der Waals surface area (Å²) in [6.07, 6.45) is 3.04. The summed E-state index contributed by atoms with van der Waals surface area (Å²) in [5.41, 5.74) is 1.03. The summed E-state index contributed by atoms with van der Waals surface area (Å²) < 4.78 is 24.6. The Morgan fingerprint density at radius 3 is 2.60 bits per heavy atom. The number of nitrogens with one attached hydrogen (secondary N) is 2. The van der Waals surface area contributed by atoms with Gasteiger partial charge >= 0.3 is 0 Å². The number of piperidine rings is 1. The van der Waals surface area contributed by atoms with E-state index < -0.39 is 10.0 Å². The van der Waals surface area contributed by atoms with Gasteiger partial charge in [-0.05, 0) is 32.6 Å². The molecule has 2 rings (SSSR count). The van der Waals surface area contributed by atoms with E-state index in [1.807, 2.05) is 19.2 Å². The van der Waals surface area contributed by atoms with Crippen LogP contribution in [0.5, 0.6) is 0 Å². The molecule has 2 N–H and O–H groups in total. The van der Waals surface area contributed by atoms with Crippen LogP contribution in [0.3, 0.4) is 0 Å². The molecule has 0 saturated carbocycles. The molecule has 25 heavy (non-hydrogen) atoms. The van der Waals surface area contributed by atoms with E-state index in [1.165, 1.54) is 6.26 Å². The van der Waals surface area contributed by atoms with Gasteiger partial charge in [0, 0.05) is 37.3 Å². The fourth-order valence-corrected chi connectivity index (χ4v) is 4.22. The molecule has 10 heteroatoms. The lowest BCUT2D eigenvalue weighted by atomic mass is 9.98. The van der Waals surface area contributed by atoms with Crippen molar-refractivity contribution in [3.05, 3.63) is 16.1 Å². The number of hydrogen-bond acceptors (Lipinski definition) is 5. The van der Waals surface area contributed by atoms with Gasteiger partial charge in [-0.15, -0.1) is 35.3 Å². The van der Waals surface area contributed by atoms with Crippen molar-refractivity contribution in [3.8, 4) is 0 Å². The second-order valence-corrected chi connectivity index (χ2v) is 8.99. The Morgan fingerprint density at radius 2 is 2.08 bits per heavy atom. The van der Waals surface area contributed by atoms with E-state index in [1.54, 1.807) is 15.6 Å². The quantitative estimate of drug-likeness (QED) is 0.353. The highest BCUT2D eigenvalue weighted by molar-refractivity contribution is 14.0. The zero-order valence-electron chi connectivity index (χ0n) is 15.0. The number of sulfonamides is 1. The van der Waals surface area contributed by atoms with E-state index in [4.69, 9.17) is 0 Å². The fraction of sp³-hybridized carbons (Fsp3) is 0.733. The first-order valence-corrected chi connectivity index (χ1v) is 11.0. The van der Waals surface area contributed by atoms with Gasteiger partial charge in [0.1, 0.15) is 5.01 Å². The van der Waals surface area contributed by atoms with Crippen LogP contribution < -0.4 is 10.6 Å². The van der Waals surface area contributed by atoms with E-state index in [2.05, 4.69) is 20.6 Å². The smallest absolute Gasteiger partial charge is 0.211 e. The largest absolute Gasteiger partial charge is 0.357 e. The summed E-state index contributed by atoms with van der Waals surface area (Å²) in [5.74, 6) is 1.25. The molecule has 1 saturated heterocycles. The van der Waals surface area contributed by atoms with E-state index in [0.717, 1.165) is 42.6 Å². The first-order chi connectivity index (χ1) is 11.4. The van der Waals surface area contributed by atoms with Gasteiger partial charge in [-0.1, -0.05) is 0 Å². The number of aromatic nitrogens is 1. The highest BCUT2D eigenvalue weighted by Gasteiger charge is 2.24. The second kappa shape index (κ2) is 10.6. The minimum Gasteiger partial charge on any atom is -0.357 e. The summed E-state index contributed by atoms with van der Waals surface area (Å²) in [6, 6.07) is 0. The van der Waals surface area contributed by atoms with Crippen LogP contribution in [0.15, 0.2) is 10.4 Å². The van der Waals surface area contributed by atoms with Crippen LogP contribution in [-0.2, 0) is 16.6 Å². The molecule has 0 unspecified atom stereocenters. The summed E-state index contributed by atoms with van der Waals surface area (Å²) >= 11 is 1.62. The Labute approximate surface area is 171 Å². The van der Waals surface area contributed by atoms with E-state index in [9.17, 15) is 8.42 Å². The predicted octanol–water partition coefficient (Wildman–Crippen LogP) is 1.80. The normalized spacial score (nSPS) is 17.2. The summed E-state index contributed by atoms with van der Waals surface area (Å²) in [6.45, 7) is 7.41. The van der Waals surface area contributed by atoms with Crippen LogP contribution in [0.1, 0.15) is 30.5 Å². The number of aliphatic imine (C=N–C) groups is 1. The third kappa shape index (κ3) is 7.75. The van der Waals surface area contributed by atoms with Gasteiger partial charge < -0.3 is 10.6 Å². The molecule has 0 atom stereocenters. The molecular formula is C15H28IN5O2S2. The van der Waals surface area contributed by atoms with Crippen molar-refractivity contribution in [3.63, 3.8) is 0 Å². The lowest BCUT2D eigenvalue weighted by Gasteiger charge is -2.30. The maximum absolute atomic E-state index is 11.5. The summed E-state index contributed by atoms with van der Waals surface area (Å²) in [5, 5.41) is 9.64. The lowest BCUT2D eigenvalue weighted by molar-refractivity contribution is 0.275. The maximum atomic E-state index is 11.5. The molecule has 1 aromatic rings. The third-order valence-corrected chi connectivity index (χ3v) is 6.24. The van der Waals surface area contributed by atoms with Crippen LogP contribution in [0, 0.1) is 12.8 Å². The van der Waals surface area contributed by atoms with Crippen molar-refractivity contribution in [2.45, 2.75) is 33.2 Å². The number of nitrogens with zero attached hydrogens (tertiary/aromatic N) is 3. The number of rotatable bonds is 6. The number of halogens is 1. The van der Waals surface area contributed by atoms with Crippen molar-refractivity contribution in [1.29, 1.82) is 0 Å². The molecule has 144 valence electrons. The Kier molecular flexibility index (Phi) is 9.60. The van der Waals surface area contributed by atoms with E-state index >= 15 is 0 Å². The third-order valence-electron chi connectivity index (χ3n) is 3.98. The average molecular weight is 501 g/mol. The van der Waals surface area contributed by atoms with Crippen molar-refractivity contribution in [1.82, 2.24) is 19.9 Å².